The molecule has 2 aromatic rings. The van der Waals surface area contributed by atoms with Gasteiger partial charge in [-0.25, -0.2) is 27.1 Å². The number of aromatic nitrogens is 2. The van der Waals surface area contributed by atoms with Gasteiger partial charge < -0.3 is 10.2 Å². The van der Waals surface area contributed by atoms with E-state index in [1.807, 2.05) is 0 Å². The molecule has 35 heavy (non-hydrogen) atoms. The van der Waals surface area contributed by atoms with Crippen molar-refractivity contribution in [2.75, 3.05) is 31.7 Å². The molecular weight excluding hydrogens is 510 g/mol. The summed E-state index contributed by atoms with van der Waals surface area (Å²) >= 11 is 1.28. The molecule has 8 nitrogen and oxygen atoms in total. The highest BCUT2D eigenvalue weighted by molar-refractivity contribution is 7.88. The van der Waals surface area contributed by atoms with Crippen LogP contribution in [0.1, 0.15) is 40.1 Å². The first kappa shape index (κ1) is 24.4. The van der Waals surface area contributed by atoms with Crippen LogP contribution in [-0.4, -0.2) is 72.1 Å². The van der Waals surface area contributed by atoms with E-state index in [-0.39, 0.29) is 36.1 Å². The smallest absolute Gasteiger partial charge is 0.351 e. The van der Waals surface area contributed by atoms with Crippen LogP contribution in [0, 0.1) is 18.7 Å². The molecule has 1 spiro atoms. The maximum absolute atomic E-state index is 14.8. The van der Waals surface area contributed by atoms with Crippen LogP contribution in [0.4, 0.5) is 23.5 Å². The molecule has 0 aromatic carbocycles. The van der Waals surface area contributed by atoms with Gasteiger partial charge in [0.1, 0.15) is 5.69 Å². The number of hydrogen-bond acceptors (Lipinski definition) is 7. The molecule has 4 heterocycles. The van der Waals surface area contributed by atoms with Crippen LogP contribution < -0.4 is 5.32 Å². The summed E-state index contributed by atoms with van der Waals surface area (Å²) in [6.45, 7) is 0.904. The summed E-state index contributed by atoms with van der Waals surface area (Å²) in [4.78, 5) is 23.9. The van der Waals surface area contributed by atoms with Gasteiger partial charge in [0.05, 0.1) is 34.4 Å². The van der Waals surface area contributed by atoms with Crippen molar-refractivity contribution in [3.05, 3.63) is 28.0 Å². The highest BCUT2D eigenvalue weighted by Gasteiger charge is 2.58. The first-order valence-electron chi connectivity index (χ1n) is 11.0. The second-order valence-corrected chi connectivity index (χ2v) is 12.4. The molecule has 2 atom stereocenters. The van der Waals surface area contributed by atoms with Gasteiger partial charge in [-0.2, -0.15) is 13.2 Å². The number of halogens is 4. The summed E-state index contributed by atoms with van der Waals surface area (Å²) in [7, 11) is -2.03. The van der Waals surface area contributed by atoms with Gasteiger partial charge in [0.25, 0.3) is 5.91 Å². The number of thiophene rings is 1. The molecule has 0 radical (unpaired) electrons. The number of sulfonamides is 1. The van der Waals surface area contributed by atoms with Crippen molar-refractivity contribution in [3.8, 4) is 10.6 Å². The number of nitrogens with zero attached hydrogens (tertiary/aromatic N) is 4. The Morgan fingerprint density at radius 2 is 1.97 bits per heavy atom. The van der Waals surface area contributed by atoms with Crippen molar-refractivity contribution >= 4 is 33.2 Å². The monoisotopic (exact) mass is 533 g/mol. The highest BCUT2D eigenvalue weighted by Crippen LogP contribution is 2.60. The van der Waals surface area contributed by atoms with Gasteiger partial charge in [0.15, 0.2) is 5.82 Å². The molecule has 190 valence electrons. The lowest BCUT2D eigenvalue weighted by Crippen LogP contribution is -2.53. The molecule has 2 fully saturated rings. The van der Waals surface area contributed by atoms with Crippen molar-refractivity contribution in [2.24, 2.45) is 5.92 Å². The first-order chi connectivity index (χ1) is 16.2. The normalized spacial score (nSPS) is 24.2. The second-order valence-electron chi connectivity index (χ2n) is 9.35. The Balaban J connectivity index is 1.46. The van der Waals surface area contributed by atoms with E-state index in [0.29, 0.717) is 16.0 Å². The Hall–Kier alpha value is -2.32. The van der Waals surface area contributed by atoms with Gasteiger partial charge in [-0.1, -0.05) is 0 Å². The van der Waals surface area contributed by atoms with Crippen molar-refractivity contribution in [3.63, 3.8) is 0 Å². The predicted molar refractivity (Wildman–Crippen MR) is 121 cm³/mol. The fourth-order valence-electron chi connectivity index (χ4n) is 5.01. The summed E-state index contributed by atoms with van der Waals surface area (Å²) in [5, 5.41) is 2.66. The molecule has 2 aliphatic heterocycles. The van der Waals surface area contributed by atoms with Crippen molar-refractivity contribution < 1.29 is 30.8 Å². The third-order valence-corrected chi connectivity index (χ3v) is 9.95. The average Bonchev–Trinajstić information content (AvgIpc) is 3.46. The molecule has 0 bridgehead atoms. The number of rotatable bonds is 4. The number of nitrogens with one attached hydrogen (secondary N) is 1. The zero-order valence-electron chi connectivity index (χ0n) is 19.1. The van der Waals surface area contributed by atoms with E-state index in [2.05, 4.69) is 15.3 Å². The minimum absolute atomic E-state index is 0.0808. The number of hydrogen-bond donors (Lipinski definition) is 1. The first-order valence-corrected chi connectivity index (χ1v) is 13.6. The van der Waals surface area contributed by atoms with Crippen molar-refractivity contribution in [1.29, 1.82) is 0 Å². The fraction of sp³-hybridized carbons (Fsp3) is 0.571. The summed E-state index contributed by atoms with van der Waals surface area (Å²) in [5.74, 6) is -3.05. The molecule has 14 heteroatoms. The Morgan fingerprint density at radius 3 is 2.57 bits per heavy atom. The Kier molecular flexibility index (Phi) is 5.46. The van der Waals surface area contributed by atoms with E-state index in [1.165, 1.54) is 11.3 Å². The maximum atomic E-state index is 14.8. The van der Waals surface area contributed by atoms with Crippen LogP contribution in [0.25, 0.3) is 10.6 Å². The van der Waals surface area contributed by atoms with Crippen LogP contribution >= 0.6 is 11.3 Å². The van der Waals surface area contributed by atoms with E-state index < -0.39 is 40.5 Å². The van der Waals surface area contributed by atoms with Gasteiger partial charge in [0.2, 0.25) is 16.0 Å². The molecule has 1 N–H and O–H groups in total. The van der Waals surface area contributed by atoms with Gasteiger partial charge in [-0.3, -0.25) is 4.79 Å². The number of carbonyl (C=O) groups excluding carboxylic acids is 1. The van der Waals surface area contributed by atoms with E-state index in [4.69, 9.17) is 0 Å². The Bertz CT molecular complexity index is 1320. The zero-order chi connectivity index (χ0) is 25.5. The van der Waals surface area contributed by atoms with Crippen LogP contribution in [0.3, 0.4) is 0 Å². The quantitative estimate of drug-likeness (QED) is 0.606. The molecule has 2 aromatic heterocycles. The predicted octanol–water partition coefficient (Wildman–Crippen LogP) is 3.35. The summed E-state index contributed by atoms with van der Waals surface area (Å²) < 4.78 is 80.5. The summed E-state index contributed by atoms with van der Waals surface area (Å²) in [6.07, 6.45) is -1.37. The molecule has 1 saturated heterocycles. The number of amides is 1. The number of anilines is 1. The molecule has 5 rings (SSSR count). The zero-order valence-corrected chi connectivity index (χ0v) is 20.7. The van der Waals surface area contributed by atoms with Crippen LogP contribution in [0.15, 0.2) is 6.20 Å². The van der Waals surface area contributed by atoms with Gasteiger partial charge in [0, 0.05) is 31.1 Å². The van der Waals surface area contributed by atoms with Crippen LogP contribution in [0.2, 0.25) is 0 Å². The standard InChI is InChI=1S/C21H23F4N5O3S2/c1-10-14-17(20(5-6-20)29(2)18(14)31)34-16(10)15-12(22)8-26-19(28-15)27-13-4-7-30(35(3,32)33)9-11(13)21(23,24)25/h8,11,13H,4-7,9H2,1-3H3,(H,26,27,28)/t11-,13+/m1/s1. The number of piperidine rings is 1. The third-order valence-electron chi connectivity index (χ3n) is 7.19. The minimum Gasteiger partial charge on any atom is -0.351 e. The van der Waals surface area contributed by atoms with Crippen LogP contribution in [0.5, 0.6) is 0 Å². The molecule has 3 aliphatic rings. The minimum atomic E-state index is -4.67. The van der Waals surface area contributed by atoms with E-state index in [0.717, 1.165) is 34.5 Å². The summed E-state index contributed by atoms with van der Waals surface area (Å²) in [5.41, 5.74) is 0.701. The number of fused-ring (bicyclic) bond motifs is 2. The molecular formula is C21H23F4N5O3S2. The lowest BCUT2D eigenvalue weighted by atomic mass is 9.93. The van der Waals surface area contributed by atoms with Gasteiger partial charge >= 0.3 is 6.18 Å². The van der Waals surface area contributed by atoms with Gasteiger partial charge in [-0.15, -0.1) is 11.3 Å². The largest absolute Gasteiger partial charge is 0.395 e. The topological polar surface area (TPSA) is 95.5 Å². The van der Waals surface area contributed by atoms with E-state index in [9.17, 15) is 30.8 Å². The number of carbonyl (C=O) groups is 1. The highest BCUT2D eigenvalue weighted by atomic mass is 32.2. The molecule has 1 aliphatic carbocycles. The molecule has 0 unspecified atom stereocenters. The van der Waals surface area contributed by atoms with Crippen molar-refractivity contribution in [2.45, 2.75) is 43.9 Å². The Labute approximate surface area is 203 Å². The SMILES string of the molecule is Cc1c(-c2nc(N[C@H]3CCN(S(C)(=O)=O)C[C@H]3C(F)(F)F)ncc2F)sc2c1C(=O)N(C)C21CC1. The average molecular weight is 534 g/mol. The molecule has 1 saturated carbocycles. The van der Waals surface area contributed by atoms with Crippen LogP contribution in [-0.2, 0) is 15.6 Å². The summed E-state index contributed by atoms with van der Waals surface area (Å²) in [6, 6.07) is -1.19. The third kappa shape index (κ3) is 3.89. The lowest BCUT2D eigenvalue weighted by Gasteiger charge is -2.38. The maximum Gasteiger partial charge on any atom is 0.395 e. The lowest BCUT2D eigenvalue weighted by molar-refractivity contribution is -0.185. The van der Waals surface area contributed by atoms with Gasteiger partial charge in [-0.05, 0) is 31.7 Å². The van der Waals surface area contributed by atoms with E-state index >= 15 is 0 Å². The fourth-order valence-corrected chi connectivity index (χ4v) is 7.45. The van der Waals surface area contributed by atoms with Crippen molar-refractivity contribution in [1.82, 2.24) is 19.2 Å². The molecule has 1 amide bonds. The Morgan fingerprint density at radius 1 is 1.29 bits per heavy atom. The second kappa shape index (κ2) is 7.84. The number of alkyl halides is 3. The van der Waals surface area contributed by atoms with E-state index in [1.54, 1.807) is 18.9 Å².